The maximum atomic E-state index is 11.5. The molecule has 0 amide bonds. The van der Waals surface area contributed by atoms with Gasteiger partial charge in [0.25, 0.3) is 0 Å². The third kappa shape index (κ3) is 3.22. The molecular weight excluding hydrogens is 350 g/mol. The Morgan fingerprint density at radius 2 is 1.91 bits per heavy atom. The van der Waals surface area contributed by atoms with Crippen molar-refractivity contribution in [3.63, 3.8) is 0 Å². The van der Waals surface area contributed by atoms with Gasteiger partial charge in [0.15, 0.2) is 0 Å². The lowest BCUT2D eigenvalue weighted by Gasteiger charge is -2.21. The van der Waals surface area contributed by atoms with Crippen LogP contribution in [0.3, 0.4) is 0 Å². The van der Waals surface area contributed by atoms with Crippen molar-refractivity contribution in [3.05, 3.63) is 47.6 Å². The first-order valence-corrected chi connectivity index (χ1v) is 8.91. The maximum Gasteiger partial charge on any atom is 0.319 e. The summed E-state index contributed by atoms with van der Waals surface area (Å²) in [4.78, 5) is 12.4. The van der Waals surface area contributed by atoms with E-state index < -0.39 is 10.7 Å². The number of carboxylic acids is 1. The third-order valence-electron chi connectivity index (χ3n) is 3.50. The van der Waals surface area contributed by atoms with Gasteiger partial charge in [-0.3, -0.25) is 4.79 Å². The summed E-state index contributed by atoms with van der Waals surface area (Å²) < 4.78 is 4.40. The molecule has 0 aliphatic rings. The summed E-state index contributed by atoms with van der Waals surface area (Å²) in [5, 5.41) is 11.2. The highest BCUT2D eigenvalue weighted by atomic mass is 35.5. The standard InChI is InChI=1S/C17H14ClNO2S2/c1-17(2,16(20)21)22-13-8-5-11-9-19-23-15(11)14(13)10-3-6-12(18)7-4-10/h3-9H,1-2H3,(H,20,21). The smallest absolute Gasteiger partial charge is 0.319 e. The van der Waals surface area contributed by atoms with Crippen LogP contribution < -0.4 is 0 Å². The molecule has 0 radical (unpaired) electrons. The van der Waals surface area contributed by atoms with Gasteiger partial charge < -0.3 is 5.11 Å². The van der Waals surface area contributed by atoms with E-state index in [4.69, 9.17) is 11.6 Å². The van der Waals surface area contributed by atoms with Gasteiger partial charge in [-0.1, -0.05) is 29.8 Å². The molecule has 118 valence electrons. The fourth-order valence-electron chi connectivity index (χ4n) is 2.21. The van der Waals surface area contributed by atoms with Crippen LogP contribution >= 0.6 is 34.9 Å². The monoisotopic (exact) mass is 363 g/mol. The van der Waals surface area contributed by atoms with E-state index in [-0.39, 0.29) is 0 Å². The topological polar surface area (TPSA) is 50.2 Å². The minimum absolute atomic E-state index is 0.672. The molecule has 0 atom stereocenters. The minimum Gasteiger partial charge on any atom is -0.480 e. The molecule has 1 heterocycles. The summed E-state index contributed by atoms with van der Waals surface area (Å²) in [5.74, 6) is -0.839. The summed E-state index contributed by atoms with van der Waals surface area (Å²) in [6, 6.07) is 11.5. The second-order valence-electron chi connectivity index (χ2n) is 5.61. The fourth-order valence-corrected chi connectivity index (χ4v) is 4.31. The van der Waals surface area contributed by atoms with Crippen LogP contribution in [-0.2, 0) is 4.79 Å². The molecule has 1 N–H and O–H groups in total. The number of fused-ring (bicyclic) bond motifs is 1. The number of aromatic nitrogens is 1. The number of nitrogens with zero attached hydrogens (tertiary/aromatic N) is 1. The van der Waals surface area contributed by atoms with Gasteiger partial charge in [0.05, 0.1) is 4.70 Å². The van der Waals surface area contributed by atoms with E-state index in [9.17, 15) is 9.90 Å². The molecule has 0 unspecified atom stereocenters. The number of carboxylic acid groups (broad SMARTS) is 1. The highest BCUT2D eigenvalue weighted by molar-refractivity contribution is 8.01. The normalized spacial score (nSPS) is 11.8. The summed E-state index contributed by atoms with van der Waals surface area (Å²) in [7, 11) is 0. The number of carbonyl (C=O) groups is 1. The van der Waals surface area contributed by atoms with E-state index in [1.54, 1.807) is 13.8 Å². The van der Waals surface area contributed by atoms with Crippen molar-refractivity contribution in [1.82, 2.24) is 4.37 Å². The zero-order valence-corrected chi connectivity index (χ0v) is 14.9. The molecule has 2 aromatic carbocycles. The molecular formula is C17H14ClNO2S2. The van der Waals surface area contributed by atoms with Crippen molar-refractivity contribution in [2.24, 2.45) is 0 Å². The molecule has 0 fully saturated rings. The molecule has 23 heavy (non-hydrogen) atoms. The molecule has 3 nitrogen and oxygen atoms in total. The van der Waals surface area contributed by atoms with Gasteiger partial charge in [0.2, 0.25) is 0 Å². The Balaban J connectivity index is 2.20. The van der Waals surface area contributed by atoms with Crippen molar-refractivity contribution in [2.75, 3.05) is 0 Å². The summed E-state index contributed by atoms with van der Waals surface area (Å²) >= 11 is 8.75. The van der Waals surface area contributed by atoms with E-state index in [0.717, 1.165) is 26.1 Å². The van der Waals surface area contributed by atoms with E-state index in [1.165, 1.54) is 23.3 Å². The SMILES string of the molecule is CC(C)(Sc1ccc2cnsc2c1-c1ccc(Cl)cc1)C(=O)O. The Bertz CT molecular complexity index is 872. The molecule has 0 aliphatic heterocycles. The lowest BCUT2D eigenvalue weighted by molar-refractivity contribution is -0.138. The van der Waals surface area contributed by atoms with Gasteiger partial charge in [-0.2, -0.15) is 4.37 Å². The third-order valence-corrected chi connectivity index (χ3v) is 5.83. The predicted octanol–water partition coefficient (Wildman–Crippen LogP) is 5.57. The molecule has 0 bridgehead atoms. The lowest BCUT2D eigenvalue weighted by atomic mass is 10.0. The molecule has 3 rings (SSSR count). The predicted molar refractivity (Wildman–Crippen MR) is 97.6 cm³/mol. The number of aliphatic carboxylic acids is 1. The number of halogens is 1. The van der Waals surface area contributed by atoms with Crippen molar-refractivity contribution in [2.45, 2.75) is 23.5 Å². The van der Waals surface area contributed by atoms with Gasteiger partial charge in [0, 0.05) is 27.1 Å². The molecule has 0 spiro atoms. The van der Waals surface area contributed by atoms with Crippen LogP contribution in [0.5, 0.6) is 0 Å². The van der Waals surface area contributed by atoms with Crippen LogP contribution in [0.4, 0.5) is 0 Å². The van der Waals surface area contributed by atoms with Crippen LogP contribution in [0.2, 0.25) is 5.02 Å². The van der Waals surface area contributed by atoms with Crippen molar-refractivity contribution in [1.29, 1.82) is 0 Å². The van der Waals surface area contributed by atoms with E-state index in [0.29, 0.717) is 5.02 Å². The lowest BCUT2D eigenvalue weighted by Crippen LogP contribution is -2.26. The van der Waals surface area contributed by atoms with Crippen LogP contribution in [0.15, 0.2) is 47.5 Å². The van der Waals surface area contributed by atoms with Crippen molar-refractivity contribution < 1.29 is 9.90 Å². The van der Waals surface area contributed by atoms with E-state index in [1.807, 2.05) is 42.6 Å². The van der Waals surface area contributed by atoms with Crippen molar-refractivity contribution in [3.8, 4) is 11.1 Å². The van der Waals surface area contributed by atoms with Crippen LogP contribution in [0.25, 0.3) is 21.2 Å². The molecule has 0 aliphatic carbocycles. The Hall–Kier alpha value is -1.56. The van der Waals surface area contributed by atoms with Gasteiger partial charge in [-0.05, 0) is 49.1 Å². The number of hydrogen-bond acceptors (Lipinski definition) is 4. The Labute approximate surface area is 147 Å². The van der Waals surface area contributed by atoms with E-state index in [2.05, 4.69) is 4.37 Å². The first kappa shape index (κ1) is 16.3. The summed E-state index contributed by atoms with van der Waals surface area (Å²) in [6.07, 6.45) is 1.83. The number of thioether (sulfide) groups is 1. The van der Waals surface area contributed by atoms with Crippen LogP contribution in [0, 0.1) is 0 Å². The number of rotatable bonds is 4. The van der Waals surface area contributed by atoms with Gasteiger partial charge in [-0.25, -0.2) is 0 Å². The van der Waals surface area contributed by atoms with Crippen LogP contribution in [-0.4, -0.2) is 20.2 Å². The zero-order valence-electron chi connectivity index (χ0n) is 12.5. The number of hydrogen-bond donors (Lipinski definition) is 1. The molecule has 1 aromatic heterocycles. The summed E-state index contributed by atoms with van der Waals surface area (Å²) in [6.45, 7) is 3.42. The first-order chi connectivity index (χ1) is 10.9. The average molecular weight is 364 g/mol. The highest BCUT2D eigenvalue weighted by Gasteiger charge is 2.30. The van der Waals surface area contributed by atoms with E-state index >= 15 is 0 Å². The molecule has 0 saturated heterocycles. The minimum atomic E-state index is -0.917. The summed E-state index contributed by atoms with van der Waals surface area (Å²) in [5.41, 5.74) is 2.02. The molecule has 6 heteroatoms. The fraction of sp³-hybridized carbons (Fsp3) is 0.176. The maximum absolute atomic E-state index is 11.5. The largest absolute Gasteiger partial charge is 0.480 e. The second kappa shape index (κ2) is 6.15. The molecule has 3 aromatic rings. The zero-order chi connectivity index (χ0) is 16.6. The van der Waals surface area contributed by atoms with Crippen LogP contribution in [0.1, 0.15) is 13.8 Å². The van der Waals surface area contributed by atoms with Gasteiger partial charge in [0.1, 0.15) is 4.75 Å². The molecule has 0 saturated carbocycles. The van der Waals surface area contributed by atoms with Crippen molar-refractivity contribution >= 4 is 51.0 Å². The quantitative estimate of drug-likeness (QED) is 0.615. The number of benzene rings is 2. The Kier molecular flexibility index (Phi) is 4.36. The first-order valence-electron chi connectivity index (χ1n) is 6.94. The average Bonchev–Trinajstić information content (AvgIpc) is 2.96. The Morgan fingerprint density at radius 3 is 2.57 bits per heavy atom. The second-order valence-corrected chi connectivity index (χ2v) is 8.51. The highest BCUT2D eigenvalue weighted by Crippen LogP contribution is 2.43. The van der Waals surface area contributed by atoms with Gasteiger partial charge >= 0.3 is 5.97 Å². The Morgan fingerprint density at radius 1 is 1.22 bits per heavy atom. The van der Waals surface area contributed by atoms with Gasteiger partial charge in [-0.15, -0.1) is 11.8 Å².